The van der Waals surface area contributed by atoms with Crippen LogP contribution < -0.4 is 0 Å². The van der Waals surface area contributed by atoms with Gasteiger partial charge in [0.25, 0.3) is 0 Å². The summed E-state index contributed by atoms with van der Waals surface area (Å²) in [6, 6.07) is 0. The Hall–Kier alpha value is -0.0800. The Bertz CT molecular complexity index is 75.8. The monoisotopic (exact) mass is 146 g/mol. The third-order valence-electron chi connectivity index (χ3n) is 1.23. The summed E-state index contributed by atoms with van der Waals surface area (Å²) in [4.78, 5) is 5.47. The Morgan fingerprint density at radius 2 is 1.70 bits per heavy atom. The van der Waals surface area contributed by atoms with Crippen molar-refractivity contribution in [3.8, 4) is 0 Å². The molecule has 0 atom stereocenters. The van der Waals surface area contributed by atoms with Crippen LogP contribution in [0.25, 0.3) is 0 Å². The summed E-state index contributed by atoms with van der Waals surface area (Å²) >= 11 is 0. The van der Waals surface area contributed by atoms with Gasteiger partial charge in [0.2, 0.25) is 0 Å². The van der Waals surface area contributed by atoms with Crippen LogP contribution in [0.5, 0.6) is 0 Å². The fourth-order valence-corrected chi connectivity index (χ4v) is 0.690. The van der Waals surface area contributed by atoms with Crippen LogP contribution in [0.15, 0.2) is 0 Å². The lowest BCUT2D eigenvalue weighted by Crippen LogP contribution is -2.34. The van der Waals surface area contributed by atoms with Crippen molar-refractivity contribution in [1.29, 1.82) is 0 Å². The minimum absolute atomic E-state index is 0.615. The molecule has 2 heteroatoms. The van der Waals surface area contributed by atoms with Crippen LogP contribution in [0, 0.1) is 0 Å². The molecule has 0 aromatic heterocycles. The lowest BCUT2D eigenvalue weighted by molar-refractivity contribution is -1.06. The highest BCUT2D eigenvalue weighted by Crippen LogP contribution is 1.98. The van der Waals surface area contributed by atoms with E-state index in [4.69, 9.17) is 4.84 Å². The van der Waals surface area contributed by atoms with Crippen LogP contribution in [0.2, 0.25) is 0 Å². The Morgan fingerprint density at radius 1 is 1.10 bits per heavy atom. The van der Waals surface area contributed by atoms with Crippen LogP contribution in [0.3, 0.4) is 0 Å². The Balaban J connectivity index is 3.04. The highest BCUT2D eigenvalue weighted by atomic mass is 16.7. The average molecular weight is 146 g/mol. The molecule has 0 aromatic rings. The Morgan fingerprint density at radius 3 is 2.10 bits per heavy atom. The predicted molar refractivity (Wildman–Crippen MR) is 43.5 cm³/mol. The van der Waals surface area contributed by atoms with Crippen LogP contribution in [-0.4, -0.2) is 32.4 Å². The number of quaternary nitrogens is 1. The second-order valence-corrected chi connectivity index (χ2v) is 3.43. The van der Waals surface area contributed by atoms with Crippen molar-refractivity contribution in [2.24, 2.45) is 0 Å². The van der Waals surface area contributed by atoms with Crippen molar-refractivity contribution < 1.29 is 9.48 Å². The molecule has 0 fully saturated rings. The maximum Gasteiger partial charge on any atom is 0.106 e. The fraction of sp³-hybridized carbons (Fsp3) is 1.00. The molecule has 0 radical (unpaired) electrons. The van der Waals surface area contributed by atoms with Crippen LogP contribution in [0.1, 0.15) is 26.2 Å². The van der Waals surface area contributed by atoms with Gasteiger partial charge >= 0.3 is 0 Å². The first-order valence-corrected chi connectivity index (χ1v) is 4.02. The molecule has 0 spiro atoms. The average Bonchev–Trinajstić information content (AvgIpc) is 1.78. The molecule has 0 N–H and O–H groups in total. The zero-order chi connectivity index (χ0) is 8.04. The minimum atomic E-state index is 0.615. The van der Waals surface area contributed by atoms with Crippen molar-refractivity contribution in [1.82, 2.24) is 0 Å². The first kappa shape index (κ1) is 9.92. The third-order valence-corrected chi connectivity index (χ3v) is 1.23. The molecule has 0 aliphatic heterocycles. The molecule has 0 rings (SSSR count). The lowest BCUT2D eigenvalue weighted by Gasteiger charge is -2.20. The molecule has 0 heterocycles. The van der Waals surface area contributed by atoms with Gasteiger partial charge in [-0.1, -0.05) is 19.8 Å². The number of hydrogen-bond donors (Lipinski definition) is 0. The third kappa shape index (κ3) is 7.92. The van der Waals surface area contributed by atoms with Gasteiger partial charge in [0, 0.05) is 0 Å². The van der Waals surface area contributed by atoms with Crippen LogP contribution in [0.4, 0.5) is 0 Å². The lowest BCUT2D eigenvalue weighted by atomic mass is 10.3. The normalized spacial score (nSPS) is 12.0. The van der Waals surface area contributed by atoms with Gasteiger partial charge in [-0.25, -0.2) is 4.84 Å². The molecule has 0 saturated heterocycles. The summed E-state index contributed by atoms with van der Waals surface area (Å²) in [5, 5.41) is 0. The fourth-order valence-electron chi connectivity index (χ4n) is 0.690. The van der Waals surface area contributed by atoms with Gasteiger partial charge in [-0.05, 0) is 6.42 Å². The first-order valence-electron chi connectivity index (χ1n) is 4.02. The molecule has 0 saturated carbocycles. The molecule has 0 aliphatic carbocycles. The van der Waals surface area contributed by atoms with E-state index in [-0.39, 0.29) is 0 Å². The summed E-state index contributed by atoms with van der Waals surface area (Å²) in [7, 11) is 6.10. The second kappa shape index (κ2) is 4.69. The molecule has 0 amide bonds. The Kier molecular flexibility index (Phi) is 4.65. The van der Waals surface area contributed by atoms with Gasteiger partial charge in [-0.2, -0.15) is 4.65 Å². The van der Waals surface area contributed by atoms with E-state index in [2.05, 4.69) is 6.92 Å². The minimum Gasteiger partial charge on any atom is -0.204 e. The van der Waals surface area contributed by atoms with E-state index in [1.807, 2.05) is 21.1 Å². The molecule has 0 aliphatic rings. The molecule has 62 valence electrons. The largest absolute Gasteiger partial charge is 0.204 e. The molecule has 0 bridgehead atoms. The van der Waals surface area contributed by atoms with E-state index in [9.17, 15) is 0 Å². The number of hydrogen-bond acceptors (Lipinski definition) is 1. The summed E-state index contributed by atoms with van der Waals surface area (Å²) in [6.07, 6.45) is 3.73. The Labute approximate surface area is 64.3 Å². The van der Waals surface area contributed by atoms with Crippen molar-refractivity contribution in [3.05, 3.63) is 0 Å². The van der Waals surface area contributed by atoms with Crippen molar-refractivity contribution in [2.75, 3.05) is 27.7 Å². The molecule has 2 nitrogen and oxygen atoms in total. The molecular formula is C8H20NO+. The standard InChI is InChI=1S/C8H20NO/c1-5-6-7-8-10-9(2,3)4/h5-8H2,1-4H3/q+1. The number of hydroxylamine groups is 3. The number of nitrogens with zero attached hydrogens (tertiary/aromatic N) is 1. The van der Waals surface area contributed by atoms with Gasteiger partial charge in [0.05, 0.1) is 21.1 Å². The van der Waals surface area contributed by atoms with E-state index < -0.39 is 0 Å². The maximum atomic E-state index is 5.47. The highest BCUT2D eigenvalue weighted by Gasteiger charge is 2.05. The van der Waals surface area contributed by atoms with Crippen molar-refractivity contribution >= 4 is 0 Å². The maximum absolute atomic E-state index is 5.47. The molecule has 0 aromatic carbocycles. The first-order chi connectivity index (χ1) is 4.56. The molecule has 0 unspecified atom stereocenters. The van der Waals surface area contributed by atoms with Crippen molar-refractivity contribution in [2.45, 2.75) is 26.2 Å². The van der Waals surface area contributed by atoms with Gasteiger partial charge in [0.1, 0.15) is 6.61 Å². The second-order valence-electron chi connectivity index (χ2n) is 3.43. The summed E-state index contributed by atoms with van der Waals surface area (Å²) < 4.78 is 0.615. The van der Waals surface area contributed by atoms with E-state index in [1.165, 1.54) is 19.3 Å². The van der Waals surface area contributed by atoms with Crippen LogP contribution >= 0.6 is 0 Å². The molecular weight excluding hydrogens is 126 g/mol. The van der Waals surface area contributed by atoms with E-state index in [1.54, 1.807) is 0 Å². The van der Waals surface area contributed by atoms with Crippen molar-refractivity contribution in [3.63, 3.8) is 0 Å². The van der Waals surface area contributed by atoms with Gasteiger partial charge in [-0.3, -0.25) is 0 Å². The zero-order valence-corrected chi connectivity index (χ0v) is 7.68. The predicted octanol–water partition coefficient (Wildman–Crippen LogP) is 1.81. The van der Waals surface area contributed by atoms with Gasteiger partial charge in [0.15, 0.2) is 0 Å². The zero-order valence-electron chi connectivity index (χ0n) is 7.68. The summed E-state index contributed by atoms with van der Waals surface area (Å²) in [5.41, 5.74) is 0. The summed E-state index contributed by atoms with van der Waals surface area (Å²) in [6.45, 7) is 3.09. The molecule has 10 heavy (non-hydrogen) atoms. The quantitative estimate of drug-likeness (QED) is 0.326. The smallest absolute Gasteiger partial charge is 0.106 e. The van der Waals surface area contributed by atoms with Crippen LogP contribution in [-0.2, 0) is 4.84 Å². The topological polar surface area (TPSA) is 9.23 Å². The van der Waals surface area contributed by atoms with Gasteiger partial charge < -0.3 is 0 Å². The van der Waals surface area contributed by atoms with E-state index >= 15 is 0 Å². The SMILES string of the molecule is CCCCCO[N+](C)(C)C. The van der Waals surface area contributed by atoms with Gasteiger partial charge in [-0.15, -0.1) is 0 Å². The van der Waals surface area contributed by atoms with E-state index in [0.717, 1.165) is 6.61 Å². The summed E-state index contributed by atoms with van der Waals surface area (Å²) in [5.74, 6) is 0. The number of unbranched alkanes of at least 4 members (excludes halogenated alkanes) is 2. The van der Waals surface area contributed by atoms with E-state index in [0.29, 0.717) is 4.65 Å². The highest BCUT2D eigenvalue weighted by molar-refractivity contribution is 4.32. The number of rotatable bonds is 5.